The third kappa shape index (κ3) is 9.25. The summed E-state index contributed by atoms with van der Waals surface area (Å²) in [4.78, 5) is 54.5. The van der Waals surface area contributed by atoms with E-state index in [0.29, 0.717) is 38.5 Å². The number of rotatable bonds is 15. The number of aromatic hydroxyl groups is 1. The monoisotopic (exact) mass is 610 g/mol. The van der Waals surface area contributed by atoms with E-state index < -0.39 is 35.0 Å². The first-order valence-corrected chi connectivity index (χ1v) is 14.8. The average molecular weight is 611 g/mol. The maximum absolute atomic E-state index is 14.0. The smallest absolute Gasteiger partial charge is 0.243 e. The normalized spacial score (nSPS) is 20.8. The Morgan fingerprint density at radius 1 is 1.09 bits per heavy atom. The Labute approximate surface area is 257 Å². The summed E-state index contributed by atoms with van der Waals surface area (Å²) in [5.74, 6) is -1.35. The number of carbonyl (C=O) groups excluding carboxylic acids is 4. The van der Waals surface area contributed by atoms with E-state index >= 15 is 0 Å². The van der Waals surface area contributed by atoms with E-state index in [9.17, 15) is 24.3 Å². The number of aldehydes is 1. The molecule has 4 unspecified atom stereocenters. The molecule has 2 aliphatic rings. The van der Waals surface area contributed by atoms with Gasteiger partial charge in [0.15, 0.2) is 11.5 Å². The fourth-order valence-electron chi connectivity index (χ4n) is 5.37. The summed E-state index contributed by atoms with van der Waals surface area (Å²) in [6.07, 6.45) is 1.19. The highest BCUT2D eigenvalue weighted by atomic mass is 16.6. The summed E-state index contributed by atoms with van der Waals surface area (Å²) in [5, 5.41) is 18.7. The molecular weight excluding hydrogens is 568 g/mol. The highest BCUT2D eigenvalue weighted by Gasteiger charge is 2.48. The van der Waals surface area contributed by atoms with Crippen molar-refractivity contribution in [2.24, 2.45) is 0 Å². The molecule has 12 heteroatoms. The van der Waals surface area contributed by atoms with E-state index in [1.165, 1.54) is 20.1 Å². The van der Waals surface area contributed by atoms with Gasteiger partial charge in [-0.1, -0.05) is 36.4 Å². The molecule has 0 aromatic heterocycles. The van der Waals surface area contributed by atoms with Crippen LogP contribution in [-0.4, -0.2) is 104 Å². The lowest BCUT2D eigenvalue weighted by atomic mass is 9.83. The first-order chi connectivity index (χ1) is 21.0. The molecule has 2 aromatic rings. The lowest BCUT2D eigenvalue weighted by Gasteiger charge is -2.33. The Hall–Kier alpha value is -4.00. The minimum Gasteiger partial charge on any atom is -0.504 e. The fraction of sp³-hybridized carbons (Fsp3) is 0.500. The zero-order chi connectivity index (χ0) is 31.7. The number of nitrogens with one attached hydrogen (secondary N) is 3. The highest BCUT2D eigenvalue weighted by Crippen LogP contribution is 2.36. The molecule has 2 heterocycles. The number of hydrogen-bond acceptors (Lipinski definition) is 9. The summed E-state index contributed by atoms with van der Waals surface area (Å²) < 4.78 is 16.0. The molecular formula is C32H42N4O8. The molecule has 4 atom stereocenters. The van der Waals surface area contributed by atoms with Crippen LogP contribution in [0, 0.1) is 0 Å². The van der Waals surface area contributed by atoms with Gasteiger partial charge >= 0.3 is 0 Å². The molecule has 44 heavy (non-hydrogen) atoms. The van der Waals surface area contributed by atoms with Crippen molar-refractivity contribution in [2.75, 3.05) is 46.6 Å². The number of ether oxygens (including phenoxy) is 3. The van der Waals surface area contributed by atoms with Gasteiger partial charge in [-0.2, -0.15) is 0 Å². The Kier molecular flexibility index (Phi) is 11.0. The fourth-order valence-corrected chi connectivity index (χ4v) is 5.37. The van der Waals surface area contributed by atoms with Crippen LogP contribution in [0.4, 0.5) is 0 Å². The molecule has 12 nitrogen and oxygen atoms in total. The second kappa shape index (κ2) is 14.7. The van der Waals surface area contributed by atoms with Gasteiger partial charge in [-0.3, -0.25) is 19.3 Å². The highest BCUT2D eigenvalue weighted by molar-refractivity contribution is 5.93. The number of benzene rings is 2. The second-order valence-electron chi connectivity index (χ2n) is 11.8. The summed E-state index contributed by atoms with van der Waals surface area (Å²) in [7, 11) is 1.43. The predicted octanol–water partition coefficient (Wildman–Crippen LogP) is 0.741. The molecule has 3 amide bonds. The molecule has 0 aliphatic carbocycles. The van der Waals surface area contributed by atoms with Gasteiger partial charge < -0.3 is 40.1 Å². The van der Waals surface area contributed by atoms with Crippen LogP contribution in [0.3, 0.4) is 0 Å². The molecule has 0 radical (unpaired) electrons. The third-order valence-corrected chi connectivity index (χ3v) is 7.84. The average Bonchev–Trinajstić information content (AvgIpc) is 3.73. The summed E-state index contributed by atoms with van der Waals surface area (Å²) in [6.45, 7) is 6.32. The molecule has 0 spiro atoms. The Balaban J connectivity index is 1.52. The number of morpholine rings is 1. The first kappa shape index (κ1) is 32.9. The third-order valence-electron chi connectivity index (χ3n) is 7.84. The van der Waals surface area contributed by atoms with Crippen LogP contribution in [0.25, 0.3) is 0 Å². The van der Waals surface area contributed by atoms with Crippen LogP contribution >= 0.6 is 0 Å². The summed E-state index contributed by atoms with van der Waals surface area (Å²) in [5.41, 5.74) is -0.485. The molecule has 2 fully saturated rings. The van der Waals surface area contributed by atoms with Crippen LogP contribution in [0.5, 0.6) is 11.5 Å². The number of methoxy groups -OCH3 is 1. The van der Waals surface area contributed by atoms with E-state index in [-0.39, 0.29) is 43.2 Å². The number of epoxide rings is 1. The second-order valence-corrected chi connectivity index (χ2v) is 11.8. The van der Waals surface area contributed by atoms with Gasteiger partial charge in [-0.05, 0) is 37.1 Å². The molecule has 2 aromatic carbocycles. The van der Waals surface area contributed by atoms with Gasteiger partial charge in [-0.15, -0.1) is 0 Å². The quantitative estimate of drug-likeness (QED) is 0.169. The zero-order valence-electron chi connectivity index (χ0n) is 25.5. The largest absolute Gasteiger partial charge is 0.504 e. The molecule has 238 valence electrons. The van der Waals surface area contributed by atoms with Crippen molar-refractivity contribution in [3.8, 4) is 11.5 Å². The molecule has 2 aliphatic heterocycles. The maximum Gasteiger partial charge on any atom is 0.243 e. The SMILES string of the molecule is COc1ccc(CC(NC(=O)C(C)NC(=O)CN2CCOCC2)C(=O)NC(C=O)(Cc2ccccc2)CC2(C)CO2)cc1O. The number of phenols is 1. The Morgan fingerprint density at radius 2 is 1.80 bits per heavy atom. The molecule has 0 bridgehead atoms. The lowest BCUT2D eigenvalue weighted by molar-refractivity contribution is -0.133. The van der Waals surface area contributed by atoms with Crippen LogP contribution in [-0.2, 0) is 41.5 Å². The van der Waals surface area contributed by atoms with Crippen molar-refractivity contribution in [1.82, 2.24) is 20.9 Å². The van der Waals surface area contributed by atoms with E-state index in [1.54, 1.807) is 12.1 Å². The summed E-state index contributed by atoms with van der Waals surface area (Å²) >= 11 is 0. The van der Waals surface area contributed by atoms with Crippen LogP contribution < -0.4 is 20.7 Å². The van der Waals surface area contributed by atoms with Gasteiger partial charge in [0, 0.05) is 32.4 Å². The van der Waals surface area contributed by atoms with Crippen molar-refractivity contribution in [2.45, 2.75) is 56.3 Å². The number of hydrogen-bond donors (Lipinski definition) is 4. The summed E-state index contributed by atoms with van der Waals surface area (Å²) in [6, 6.07) is 11.9. The van der Waals surface area contributed by atoms with Gasteiger partial charge in [-0.25, -0.2) is 0 Å². The van der Waals surface area contributed by atoms with Crippen molar-refractivity contribution < 1.29 is 38.5 Å². The minimum absolute atomic E-state index is 0.00237. The Bertz CT molecular complexity index is 1310. The van der Waals surface area contributed by atoms with E-state index in [2.05, 4.69) is 16.0 Å². The lowest BCUT2D eigenvalue weighted by Crippen LogP contribution is -2.60. The van der Waals surface area contributed by atoms with Crippen LogP contribution in [0.2, 0.25) is 0 Å². The maximum atomic E-state index is 14.0. The number of carbonyl (C=O) groups is 4. The van der Waals surface area contributed by atoms with Gasteiger partial charge in [0.1, 0.15) is 23.9 Å². The predicted molar refractivity (Wildman–Crippen MR) is 161 cm³/mol. The van der Waals surface area contributed by atoms with Crippen LogP contribution in [0.15, 0.2) is 48.5 Å². The Morgan fingerprint density at radius 3 is 2.41 bits per heavy atom. The number of nitrogens with zero attached hydrogens (tertiary/aromatic N) is 1. The van der Waals surface area contributed by atoms with Gasteiger partial charge in [0.05, 0.1) is 39.1 Å². The molecule has 4 rings (SSSR count). The van der Waals surface area contributed by atoms with Crippen molar-refractivity contribution in [3.05, 3.63) is 59.7 Å². The van der Waals surface area contributed by atoms with Crippen molar-refractivity contribution >= 4 is 24.0 Å². The molecule has 4 N–H and O–H groups in total. The van der Waals surface area contributed by atoms with E-state index in [4.69, 9.17) is 14.2 Å². The first-order valence-electron chi connectivity index (χ1n) is 14.8. The number of phenolic OH excluding ortho intramolecular Hbond substituents is 1. The number of amides is 3. The molecule has 2 saturated heterocycles. The van der Waals surface area contributed by atoms with Crippen LogP contribution in [0.1, 0.15) is 31.4 Å². The minimum atomic E-state index is -1.31. The van der Waals surface area contributed by atoms with E-state index in [1.807, 2.05) is 42.2 Å². The van der Waals surface area contributed by atoms with Crippen molar-refractivity contribution in [1.29, 1.82) is 0 Å². The van der Waals surface area contributed by atoms with E-state index in [0.717, 1.165) is 11.8 Å². The topological polar surface area (TPSA) is 159 Å². The standard InChI is InChI=1S/C32H42N4O8/c1-22(33-28(39)18-36-11-13-43-14-12-36)29(40)34-25(15-24-9-10-27(42-3)26(38)16-24)30(41)35-32(20-37,19-31(2)21-44-31)17-23-7-5-4-6-8-23/h4-10,16,20,22,25,38H,11-15,17-19,21H2,1-3H3,(H,33,39)(H,34,40)(H,35,41). The van der Waals surface area contributed by atoms with Crippen molar-refractivity contribution in [3.63, 3.8) is 0 Å². The molecule has 0 saturated carbocycles. The van der Waals surface area contributed by atoms with Gasteiger partial charge in [0.2, 0.25) is 17.7 Å². The van der Waals surface area contributed by atoms with Gasteiger partial charge in [0.25, 0.3) is 0 Å². The zero-order valence-corrected chi connectivity index (χ0v) is 25.5.